The van der Waals surface area contributed by atoms with Gasteiger partial charge in [-0.25, -0.2) is 19.2 Å². The van der Waals surface area contributed by atoms with Crippen molar-refractivity contribution in [3.8, 4) is 5.06 Å². The summed E-state index contributed by atoms with van der Waals surface area (Å²) in [5.41, 5.74) is 0. The fourth-order valence-electron chi connectivity index (χ4n) is 2.28. The molecular formula is C14H16FN5O2S. The molecule has 0 aromatic carbocycles. The number of rotatable bonds is 3. The molecule has 122 valence electrons. The number of hydrogen-bond donors (Lipinski definition) is 1. The molecule has 0 bridgehead atoms. The van der Waals surface area contributed by atoms with Crippen molar-refractivity contribution < 1.29 is 13.9 Å². The Hall–Kier alpha value is -2.42. The Morgan fingerprint density at radius 2 is 2.04 bits per heavy atom. The van der Waals surface area contributed by atoms with E-state index in [1.54, 1.807) is 24.3 Å². The van der Waals surface area contributed by atoms with Crippen LogP contribution in [-0.2, 0) is 0 Å². The standard InChI is InChI=1S/C14H16FN5O2S/c1-22-12-9-17-13(23-12)18-14(21)20-6-4-19(5-7-20)11-3-2-10(15)8-16-11/h2-3,8-9H,4-7H2,1H3,(H,17,18,21). The van der Waals surface area contributed by atoms with Crippen molar-refractivity contribution in [1.29, 1.82) is 0 Å². The average molecular weight is 337 g/mol. The van der Waals surface area contributed by atoms with E-state index in [4.69, 9.17) is 4.74 Å². The Bertz CT molecular complexity index is 670. The van der Waals surface area contributed by atoms with Gasteiger partial charge in [-0.05, 0) is 12.1 Å². The van der Waals surface area contributed by atoms with Crippen LogP contribution in [0.3, 0.4) is 0 Å². The number of hydrogen-bond acceptors (Lipinski definition) is 6. The number of carbonyl (C=O) groups is 1. The van der Waals surface area contributed by atoms with Crippen LogP contribution in [-0.4, -0.2) is 54.2 Å². The van der Waals surface area contributed by atoms with Gasteiger partial charge in [0.15, 0.2) is 10.2 Å². The summed E-state index contributed by atoms with van der Waals surface area (Å²) >= 11 is 1.28. The van der Waals surface area contributed by atoms with Crippen molar-refractivity contribution in [2.24, 2.45) is 0 Å². The molecule has 2 aromatic heterocycles. The number of nitrogens with zero attached hydrogens (tertiary/aromatic N) is 4. The van der Waals surface area contributed by atoms with Gasteiger partial charge in [-0.1, -0.05) is 11.3 Å². The molecule has 0 aliphatic carbocycles. The topological polar surface area (TPSA) is 70.6 Å². The van der Waals surface area contributed by atoms with Gasteiger partial charge in [-0.2, -0.15) is 0 Å². The number of amides is 2. The number of nitrogens with one attached hydrogen (secondary N) is 1. The van der Waals surface area contributed by atoms with Crippen LogP contribution in [0.2, 0.25) is 0 Å². The summed E-state index contributed by atoms with van der Waals surface area (Å²) in [5, 5.41) is 3.91. The Kier molecular flexibility index (Phi) is 4.56. The van der Waals surface area contributed by atoms with Crippen molar-refractivity contribution in [1.82, 2.24) is 14.9 Å². The SMILES string of the molecule is COc1cnc(NC(=O)N2CCN(c3ccc(F)cn3)CC2)s1. The zero-order chi connectivity index (χ0) is 16.2. The molecule has 0 radical (unpaired) electrons. The average Bonchev–Trinajstić information content (AvgIpc) is 3.03. The second kappa shape index (κ2) is 6.78. The van der Waals surface area contributed by atoms with Crippen LogP contribution in [0.25, 0.3) is 0 Å². The van der Waals surface area contributed by atoms with Gasteiger partial charge in [0.1, 0.15) is 11.6 Å². The maximum Gasteiger partial charge on any atom is 0.323 e. The molecule has 9 heteroatoms. The zero-order valence-electron chi connectivity index (χ0n) is 12.5. The highest BCUT2D eigenvalue weighted by atomic mass is 32.1. The molecule has 1 aliphatic rings. The summed E-state index contributed by atoms with van der Waals surface area (Å²) in [4.78, 5) is 24.1. The van der Waals surface area contributed by atoms with Crippen LogP contribution in [0.1, 0.15) is 0 Å². The highest BCUT2D eigenvalue weighted by Gasteiger charge is 2.22. The largest absolute Gasteiger partial charge is 0.486 e. The number of ether oxygens (including phenoxy) is 1. The highest BCUT2D eigenvalue weighted by Crippen LogP contribution is 2.25. The minimum absolute atomic E-state index is 0.186. The molecule has 1 saturated heterocycles. The number of aromatic nitrogens is 2. The first-order chi connectivity index (χ1) is 11.2. The summed E-state index contributed by atoms with van der Waals surface area (Å²) in [7, 11) is 1.56. The van der Waals surface area contributed by atoms with Gasteiger partial charge in [0.25, 0.3) is 0 Å². The molecule has 23 heavy (non-hydrogen) atoms. The minimum Gasteiger partial charge on any atom is -0.486 e. The maximum atomic E-state index is 12.9. The van der Waals surface area contributed by atoms with E-state index in [-0.39, 0.29) is 11.8 Å². The molecule has 0 atom stereocenters. The quantitative estimate of drug-likeness (QED) is 0.928. The molecule has 0 spiro atoms. The Morgan fingerprint density at radius 1 is 1.26 bits per heavy atom. The first-order valence-electron chi connectivity index (χ1n) is 7.08. The lowest BCUT2D eigenvalue weighted by Crippen LogP contribution is -2.50. The molecule has 3 heterocycles. The Balaban J connectivity index is 1.53. The van der Waals surface area contributed by atoms with Crippen molar-refractivity contribution in [2.75, 3.05) is 43.5 Å². The van der Waals surface area contributed by atoms with E-state index in [0.29, 0.717) is 36.4 Å². The molecular weight excluding hydrogens is 321 g/mol. The van der Waals surface area contributed by atoms with Crippen LogP contribution < -0.4 is 15.0 Å². The maximum absolute atomic E-state index is 12.9. The molecule has 0 saturated carbocycles. The molecule has 1 fully saturated rings. The van der Waals surface area contributed by atoms with E-state index in [0.717, 1.165) is 5.82 Å². The summed E-state index contributed by atoms with van der Waals surface area (Å²) in [5.74, 6) is 0.363. The van der Waals surface area contributed by atoms with E-state index in [1.165, 1.54) is 23.6 Å². The Labute approximate surface area is 136 Å². The van der Waals surface area contributed by atoms with Crippen molar-refractivity contribution in [3.05, 3.63) is 30.3 Å². The lowest BCUT2D eigenvalue weighted by molar-refractivity contribution is 0.208. The third kappa shape index (κ3) is 3.67. The fraction of sp³-hybridized carbons (Fsp3) is 0.357. The number of pyridine rings is 1. The van der Waals surface area contributed by atoms with Crippen LogP contribution in [0.4, 0.5) is 20.1 Å². The summed E-state index contributed by atoms with van der Waals surface area (Å²) < 4.78 is 17.9. The summed E-state index contributed by atoms with van der Waals surface area (Å²) in [6.07, 6.45) is 2.77. The first-order valence-corrected chi connectivity index (χ1v) is 7.89. The number of anilines is 2. The monoisotopic (exact) mass is 337 g/mol. The fourth-order valence-corrected chi connectivity index (χ4v) is 2.90. The number of halogens is 1. The van der Waals surface area contributed by atoms with Gasteiger partial charge in [-0.15, -0.1) is 0 Å². The second-order valence-electron chi connectivity index (χ2n) is 4.93. The third-order valence-corrected chi connectivity index (χ3v) is 4.38. The molecule has 2 amide bonds. The number of methoxy groups -OCH3 is 1. The molecule has 2 aromatic rings. The summed E-state index contributed by atoms with van der Waals surface area (Å²) in [6.45, 7) is 2.42. The van der Waals surface area contributed by atoms with Gasteiger partial charge in [0.05, 0.1) is 19.5 Å². The van der Waals surface area contributed by atoms with Gasteiger partial charge >= 0.3 is 6.03 Å². The third-order valence-electron chi connectivity index (χ3n) is 3.50. The van der Waals surface area contributed by atoms with E-state index < -0.39 is 0 Å². The van der Waals surface area contributed by atoms with Gasteiger partial charge in [0.2, 0.25) is 0 Å². The smallest absolute Gasteiger partial charge is 0.323 e. The number of thiazole rings is 1. The molecule has 1 aliphatic heterocycles. The van der Waals surface area contributed by atoms with Crippen LogP contribution in [0.5, 0.6) is 5.06 Å². The first kappa shape index (κ1) is 15.5. The normalized spacial score (nSPS) is 14.7. The Morgan fingerprint density at radius 3 is 2.65 bits per heavy atom. The van der Waals surface area contributed by atoms with Gasteiger partial charge < -0.3 is 14.5 Å². The number of urea groups is 1. The predicted molar refractivity (Wildman–Crippen MR) is 85.7 cm³/mol. The zero-order valence-corrected chi connectivity index (χ0v) is 13.3. The van der Waals surface area contributed by atoms with Gasteiger partial charge in [-0.3, -0.25) is 5.32 Å². The number of piperazine rings is 1. The van der Waals surface area contributed by atoms with Crippen molar-refractivity contribution in [2.45, 2.75) is 0 Å². The molecule has 3 rings (SSSR count). The second-order valence-corrected chi connectivity index (χ2v) is 5.92. The summed E-state index contributed by atoms with van der Waals surface area (Å²) in [6, 6.07) is 2.85. The van der Waals surface area contributed by atoms with Crippen molar-refractivity contribution in [3.63, 3.8) is 0 Å². The molecule has 7 nitrogen and oxygen atoms in total. The van der Waals surface area contributed by atoms with E-state index in [1.807, 2.05) is 4.90 Å². The van der Waals surface area contributed by atoms with Crippen LogP contribution in [0.15, 0.2) is 24.5 Å². The van der Waals surface area contributed by atoms with Crippen LogP contribution in [0, 0.1) is 5.82 Å². The van der Waals surface area contributed by atoms with Crippen molar-refractivity contribution >= 4 is 28.3 Å². The lowest BCUT2D eigenvalue weighted by Gasteiger charge is -2.35. The molecule has 1 N–H and O–H groups in total. The van der Waals surface area contributed by atoms with Crippen LogP contribution >= 0.6 is 11.3 Å². The van der Waals surface area contributed by atoms with E-state index in [9.17, 15) is 9.18 Å². The van der Waals surface area contributed by atoms with Gasteiger partial charge in [0, 0.05) is 26.2 Å². The van der Waals surface area contributed by atoms with E-state index >= 15 is 0 Å². The molecule has 0 unspecified atom stereocenters. The minimum atomic E-state index is -0.356. The highest BCUT2D eigenvalue weighted by molar-refractivity contribution is 7.17. The lowest BCUT2D eigenvalue weighted by atomic mass is 10.3. The van der Waals surface area contributed by atoms with E-state index in [2.05, 4.69) is 15.3 Å². The number of carbonyl (C=O) groups excluding carboxylic acids is 1. The predicted octanol–water partition coefficient (Wildman–Crippen LogP) is 2.04.